The Labute approximate surface area is 117 Å². The summed E-state index contributed by atoms with van der Waals surface area (Å²) in [6.45, 7) is 4.10. The number of hydrogen-bond donors (Lipinski definition) is 0. The standard InChI is InChI=1S/C15H18O5/c1-4-9(2)10-5-7-11(8-6-10)13(16)12(14(17)18)15(19)20-3/h5-9,12H,4H2,1-3H3,(H,17,18)/p-1. The monoisotopic (exact) mass is 277 g/mol. The number of carboxylic acids is 1. The number of carbonyl (C=O) groups is 3. The van der Waals surface area contributed by atoms with Crippen molar-refractivity contribution in [3.63, 3.8) is 0 Å². The second-order valence-corrected chi connectivity index (χ2v) is 4.57. The number of rotatable bonds is 6. The number of aliphatic carboxylic acids is 1. The third-order valence-corrected chi connectivity index (χ3v) is 3.31. The molecule has 0 aliphatic heterocycles. The van der Waals surface area contributed by atoms with Gasteiger partial charge in [-0.2, -0.15) is 0 Å². The molecule has 20 heavy (non-hydrogen) atoms. The van der Waals surface area contributed by atoms with Gasteiger partial charge in [-0.15, -0.1) is 0 Å². The first kappa shape index (κ1) is 15.9. The smallest absolute Gasteiger partial charge is 0.322 e. The molecule has 0 saturated carbocycles. The van der Waals surface area contributed by atoms with Crippen LogP contribution in [-0.2, 0) is 14.3 Å². The summed E-state index contributed by atoms with van der Waals surface area (Å²) < 4.78 is 4.32. The summed E-state index contributed by atoms with van der Waals surface area (Å²) in [5.41, 5.74) is 1.20. The van der Waals surface area contributed by atoms with Crippen LogP contribution in [0.25, 0.3) is 0 Å². The SMILES string of the molecule is CCC(C)c1ccc(C(=O)C(C(=O)[O-])C(=O)OC)cc1. The van der Waals surface area contributed by atoms with Crippen LogP contribution in [0, 0.1) is 5.92 Å². The zero-order valence-corrected chi connectivity index (χ0v) is 11.7. The number of carbonyl (C=O) groups excluding carboxylic acids is 3. The molecular formula is C15H17O5-. The molecule has 1 rings (SSSR count). The van der Waals surface area contributed by atoms with E-state index in [0.717, 1.165) is 19.1 Å². The summed E-state index contributed by atoms with van der Waals surface area (Å²) in [6, 6.07) is 6.54. The highest BCUT2D eigenvalue weighted by Crippen LogP contribution is 2.20. The van der Waals surface area contributed by atoms with Crippen LogP contribution >= 0.6 is 0 Å². The van der Waals surface area contributed by atoms with Crippen LogP contribution in [0.3, 0.4) is 0 Å². The number of benzene rings is 1. The van der Waals surface area contributed by atoms with Crippen LogP contribution in [0.4, 0.5) is 0 Å². The summed E-state index contributed by atoms with van der Waals surface area (Å²) in [5, 5.41) is 10.9. The fraction of sp³-hybridized carbons (Fsp3) is 0.400. The van der Waals surface area contributed by atoms with Gasteiger partial charge in [0.15, 0.2) is 11.7 Å². The molecule has 5 heteroatoms. The van der Waals surface area contributed by atoms with E-state index in [4.69, 9.17) is 0 Å². The fourth-order valence-electron chi connectivity index (χ4n) is 1.81. The molecule has 2 unspecified atom stereocenters. The summed E-state index contributed by atoms with van der Waals surface area (Å²) in [7, 11) is 1.03. The van der Waals surface area contributed by atoms with E-state index in [9.17, 15) is 19.5 Å². The van der Waals surface area contributed by atoms with Gasteiger partial charge < -0.3 is 14.6 Å². The van der Waals surface area contributed by atoms with Gasteiger partial charge in [0.05, 0.1) is 13.1 Å². The Hall–Kier alpha value is -2.17. The molecule has 0 amide bonds. The van der Waals surface area contributed by atoms with Gasteiger partial charge in [0.2, 0.25) is 0 Å². The third-order valence-electron chi connectivity index (χ3n) is 3.31. The molecule has 0 radical (unpaired) electrons. The minimum atomic E-state index is -1.92. The molecule has 0 aliphatic rings. The maximum Gasteiger partial charge on any atom is 0.322 e. The second-order valence-electron chi connectivity index (χ2n) is 4.57. The van der Waals surface area contributed by atoms with Crippen LogP contribution < -0.4 is 5.11 Å². The molecule has 5 nitrogen and oxygen atoms in total. The normalized spacial score (nSPS) is 13.3. The maximum absolute atomic E-state index is 12.0. The largest absolute Gasteiger partial charge is 0.549 e. The van der Waals surface area contributed by atoms with Gasteiger partial charge in [0.25, 0.3) is 0 Å². The molecular weight excluding hydrogens is 260 g/mol. The van der Waals surface area contributed by atoms with Crippen molar-refractivity contribution in [1.29, 1.82) is 0 Å². The van der Waals surface area contributed by atoms with Gasteiger partial charge in [-0.05, 0) is 17.9 Å². The Morgan fingerprint density at radius 2 is 1.75 bits per heavy atom. The van der Waals surface area contributed by atoms with Crippen molar-refractivity contribution in [2.24, 2.45) is 5.92 Å². The first-order chi connectivity index (χ1) is 9.42. The summed E-state index contributed by atoms with van der Waals surface area (Å²) in [6.07, 6.45) is 0.955. The van der Waals surface area contributed by atoms with E-state index in [1.165, 1.54) is 12.1 Å². The topological polar surface area (TPSA) is 83.5 Å². The van der Waals surface area contributed by atoms with Gasteiger partial charge >= 0.3 is 5.97 Å². The molecule has 0 N–H and O–H groups in total. The van der Waals surface area contributed by atoms with Crippen molar-refractivity contribution < 1.29 is 24.2 Å². The van der Waals surface area contributed by atoms with E-state index in [0.29, 0.717) is 5.92 Å². The molecule has 0 aromatic heterocycles. The van der Waals surface area contributed by atoms with E-state index in [-0.39, 0.29) is 5.56 Å². The molecule has 0 aliphatic carbocycles. The summed E-state index contributed by atoms with van der Waals surface area (Å²) >= 11 is 0. The van der Waals surface area contributed by atoms with Crippen LogP contribution in [0.2, 0.25) is 0 Å². The van der Waals surface area contributed by atoms with Crippen LogP contribution in [0.1, 0.15) is 42.1 Å². The minimum absolute atomic E-state index is 0.150. The van der Waals surface area contributed by atoms with E-state index >= 15 is 0 Å². The number of carboxylic acid groups (broad SMARTS) is 1. The van der Waals surface area contributed by atoms with E-state index in [2.05, 4.69) is 11.7 Å². The van der Waals surface area contributed by atoms with E-state index in [1.54, 1.807) is 12.1 Å². The quantitative estimate of drug-likeness (QED) is 0.438. The van der Waals surface area contributed by atoms with Gasteiger partial charge in [-0.3, -0.25) is 9.59 Å². The number of ketones is 1. The molecule has 1 aromatic carbocycles. The number of methoxy groups -OCH3 is 1. The average Bonchev–Trinajstić information content (AvgIpc) is 2.46. The Kier molecular flexibility index (Phi) is 5.43. The molecule has 0 spiro atoms. The lowest BCUT2D eigenvalue weighted by Gasteiger charge is -2.15. The lowest BCUT2D eigenvalue weighted by Crippen LogP contribution is -2.42. The molecule has 108 valence electrons. The first-order valence-electron chi connectivity index (χ1n) is 6.35. The van der Waals surface area contributed by atoms with Crippen LogP contribution in [-0.4, -0.2) is 24.8 Å². The van der Waals surface area contributed by atoms with Gasteiger partial charge in [0, 0.05) is 5.56 Å². The summed E-state index contributed by atoms with van der Waals surface area (Å²) in [4.78, 5) is 34.2. The van der Waals surface area contributed by atoms with Gasteiger partial charge in [-0.1, -0.05) is 38.1 Å². The van der Waals surface area contributed by atoms with Crippen molar-refractivity contribution in [2.75, 3.05) is 7.11 Å². The number of esters is 1. The predicted octanol–water partition coefficient (Wildman–Crippen LogP) is 0.922. The molecule has 2 atom stereocenters. The van der Waals surface area contributed by atoms with Crippen molar-refractivity contribution in [1.82, 2.24) is 0 Å². The van der Waals surface area contributed by atoms with Crippen LogP contribution in [0.15, 0.2) is 24.3 Å². The van der Waals surface area contributed by atoms with Crippen LogP contribution in [0.5, 0.6) is 0 Å². The zero-order chi connectivity index (χ0) is 15.3. The zero-order valence-electron chi connectivity index (χ0n) is 11.7. The second kappa shape index (κ2) is 6.84. The lowest BCUT2D eigenvalue weighted by atomic mass is 9.93. The predicted molar refractivity (Wildman–Crippen MR) is 70.0 cm³/mol. The maximum atomic E-state index is 12.0. The highest BCUT2D eigenvalue weighted by atomic mass is 16.5. The van der Waals surface area contributed by atoms with Crippen molar-refractivity contribution in [3.05, 3.63) is 35.4 Å². The molecule has 0 heterocycles. The molecule has 0 saturated heterocycles. The molecule has 1 aromatic rings. The number of hydrogen-bond acceptors (Lipinski definition) is 5. The first-order valence-corrected chi connectivity index (χ1v) is 6.35. The number of Topliss-reactive ketones (excluding diaryl/α,β-unsaturated/α-hetero) is 1. The third kappa shape index (κ3) is 3.44. The Morgan fingerprint density at radius 3 is 2.15 bits per heavy atom. The average molecular weight is 277 g/mol. The summed E-state index contributed by atoms with van der Waals surface area (Å²) in [5.74, 6) is -5.28. The van der Waals surface area contributed by atoms with Crippen molar-refractivity contribution >= 4 is 17.7 Å². The fourth-order valence-corrected chi connectivity index (χ4v) is 1.81. The number of ether oxygens (including phenoxy) is 1. The Balaban J connectivity index is 3.01. The highest BCUT2D eigenvalue weighted by Gasteiger charge is 2.29. The van der Waals surface area contributed by atoms with Crippen molar-refractivity contribution in [3.8, 4) is 0 Å². The molecule has 0 bridgehead atoms. The Bertz CT molecular complexity index is 504. The van der Waals surface area contributed by atoms with E-state index in [1.807, 2.05) is 6.92 Å². The minimum Gasteiger partial charge on any atom is -0.549 e. The molecule has 0 fully saturated rings. The van der Waals surface area contributed by atoms with Gasteiger partial charge in [0.1, 0.15) is 0 Å². The lowest BCUT2D eigenvalue weighted by molar-refractivity contribution is -0.308. The highest BCUT2D eigenvalue weighted by molar-refractivity contribution is 6.19. The van der Waals surface area contributed by atoms with Crippen molar-refractivity contribution in [2.45, 2.75) is 26.2 Å². The van der Waals surface area contributed by atoms with E-state index < -0.39 is 23.6 Å². The Morgan fingerprint density at radius 1 is 1.20 bits per heavy atom. The van der Waals surface area contributed by atoms with Gasteiger partial charge in [-0.25, -0.2) is 0 Å².